The van der Waals surface area contributed by atoms with Crippen molar-refractivity contribution in [3.63, 3.8) is 0 Å². The Kier molecular flexibility index (Phi) is 7.77. The third kappa shape index (κ3) is 4.54. The van der Waals surface area contributed by atoms with Crippen LogP contribution < -0.4 is 5.32 Å². The molecule has 0 radical (unpaired) electrons. The van der Waals surface area contributed by atoms with Crippen LogP contribution in [0.3, 0.4) is 0 Å². The van der Waals surface area contributed by atoms with Crippen molar-refractivity contribution in [1.82, 2.24) is 4.98 Å². The van der Waals surface area contributed by atoms with Crippen LogP contribution >= 0.6 is 12.4 Å². The van der Waals surface area contributed by atoms with E-state index in [2.05, 4.69) is 49.3 Å². The molecule has 1 aromatic carbocycles. The predicted octanol–water partition coefficient (Wildman–Crippen LogP) is 4.29. The number of hydrogen-bond acceptors (Lipinski definition) is 2. The van der Waals surface area contributed by atoms with E-state index in [1.807, 2.05) is 24.4 Å². The van der Waals surface area contributed by atoms with Crippen LogP contribution in [0.1, 0.15) is 29.8 Å². The quantitative estimate of drug-likeness (QED) is 0.854. The van der Waals surface area contributed by atoms with E-state index in [0.717, 1.165) is 5.69 Å². The molecule has 4 heteroatoms. The zero-order chi connectivity index (χ0) is 12.3. The van der Waals surface area contributed by atoms with Gasteiger partial charge in [0, 0.05) is 29.0 Å². The minimum absolute atomic E-state index is 0. The van der Waals surface area contributed by atoms with Crippen LogP contribution in [0.2, 0.25) is 0 Å². The molecule has 0 aliphatic heterocycles. The average Bonchev–Trinajstić information content (AvgIpc) is 2.35. The van der Waals surface area contributed by atoms with Crippen molar-refractivity contribution in [3.8, 4) is 0 Å². The number of aryl methyl sites for hydroxylation is 2. The molecule has 0 aliphatic rings. The van der Waals surface area contributed by atoms with E-state index >= 15 is 0 Å². The van der Waals surface area contributed by atoms with E-state index in [-0.39, 0.29) is 35.5 Å². The van der Waals surface area contributed by atoms with Gasteiger partial charge < -0.3 is 5.32 Å². The molecular weight excluding hydrogens is 299 g/mol. The molecule has 0 fully saturated rings. The van der Waals surface area contributed by atoms with E-state index in [0.29, 0.717) is 0 Å². The first-order valence-corrected chi connectivity index (χ1v) is 5.92. The second-order valence-electron chi connectivity index (χ2n) is 4.39. The maximum absolute atomic E-state index is 4.37. The van der Waals surface area contributed by atoms with Gasteiger partial charge in [0.1, 0.15) is 0 Å². The Morgan fingerprint density at radius 2 is 1.63 bits per heavy atom. The predicted molar refractivity (Wildman–Crippen MR) is 79.4 cm³/mol. The smallest absolute Gasteiger partial charge is 0.0657 e. The summed E-state index contributed by atoms with van der Waals surface area (Å²) in [6.07, 6.45) is 1.83. The standard InChI is InChI=1S/C15H18N2.ClH.Fe/c1-11-7-6-8-12(2)15(11)17-13(3)14-9-4-5-10-16-14;;/h4-10,13,17H,1-3H3;1H;. The Labute approximate surface area is 131 Å². The van der Waals surface area contributed by atoms with Gasteiger partial charge in [-0.2, -0.15) is 0 Å². The summed E-state index contributed by atoms with van der Waals surface area (Å²) >= 11 is 0. The monoisotopic (exact) mass is 318 g/mol. The molecule has 2 nitrogen and oxygen atoms in total. The van der Waals surface area contributed by atoms with Gasteiger partial charge in [0.05, 0.1) is 11.7 Å². The van der Waals surface area contributed by atoms with Crippen molar-refractivity contribution in [3.05, 3.63) is 59.4 Å². The van der Waals surface area contributed by atoms with E-state index in [4.69, 9.17) is 0 Å². The van der Waals surface area contributed by atoms with Gasteiger partial charge in [-0.05, 0) is 44.0 Å². The Morgan fingerprint density at radius 3 is 2.16 bits per heavy atom. The average molecular weight is 319 g/mol. The molecular formula is C15H19ClFeN2. The van der Waals surface area contributed by atoms with Crippen LogP contribution in [0.25, 0.3) is 0 Å². The summed E-state index contributed by atoms with van der Waals surface area (Å²) in [5.74, 6) is 0. The number of pyridine rings is 1. The third-order valence-electron chi connectivity index (χ3n) is 2.97. The number of nitrogens with one attached hydrogen (secondary N) is 1. The van der Waals surface area contributed by atoms with Crippen molar-refractivity contribution >= 4 is 18.1 Å². The van der Waals surface area contributed by atoms with E-state index < -0.39 is 0 Å². The maximum atomic E-state index is 4.37. The van der Waals surface area contributed by atoms with Gasteiger partial charge in [-0.15, -0.1) is 12.4 Å². The van der Waals surface area contributed by atoms with Crippen LogP contribution in [0.4, 0.5) is 5.69 Å². The molecule has 2 rings (SSSR count). The summed E-state index contributed by atoms with van der Waals surface area (Å²) in [5, 5.41) is 3.53. The minimum atomic E-state index is 0. The first kappa shape index (κ1) is 18.0. The number of anilines is 1. The van der Waals surface area contributed by atoms with Crippen molar-refractivity contribution in [2.45, 2.75) is 26.8 Å². The molecule has 2 aromatic rings. The molecule has 19 heavy (non-hydrogen) atoms. The van der Waals surface area contributed by atoms with Gasteiger partial charge in [0.2, 0.25) is 0 Å². The number of para-hydroxylation sites is 1. The van der Waals surface area contributed by atoms with Gasteiger partial charge >= 0.3 is 0 Å². The van der Waals surface area contributed by atoms with Gasteiger partial charge in [0.25, 0.3) is 0 Å². The Bertz CT molecular complexity index is 483. The second kappa shape index (κ2) is 8.21. The molecule has 104 valence electrons. The van der Waals surface area contributed by atoms with Crippen LogP contribution in [-0.2, 0) is 17.1 Å². The summed E-state index contributed by atoms with van der Waals surface area (Å²) in [6.45, 7) is 6.38. The molecule has 1 unspecified atom stereocenters. The maximum Gasteiger partial charge on any atom is 0.0657 e. The molecule has 0 aliphatic carbocycles. The van der Waals surface area contributed by atoms with Crippen molar-refractivity contribution in [1.29, 1.82) is 0 Å². The zero-order valence-electron chi connectivity index (χ0n) is 11.3. The van der Waals surface area contributed by atoms with Crippen LogP contribution in [0, 0.1) is 13.8 Å². The van der Waals surface area contributed by atoms with Gasteiger partial charge in [0.15, 0.2) is 0 Å². The summed E-state index contributed by atoms with van der Waals surface area (Å²) in [6, 6.07) is 12.6. The third-order valence-corrected chi connectivity index (χ3v) is 2.97. The Balaban J connectivity index is 0.00000162. The fourth-order valence-corrected chi connectivity index (χ4v) is 1.96. The Morgan fingerprint density at radius 1 is 1.00 bits per heavy atom. The normalized spacial score (nSPS) is 10.9. The number of aromatic nitrogens is 1. The number of rotatable bonds is 3. The van der Waals surface area contributed by atoms with Crippen molar-refractivity contribution < 1.29 is 17.1 Å². The van der Waals surface area contributed by atoms with E-state index in [1.165, 1.54) is 16.8 Å². The zero-order valence-corrected chi connectivity index (χ0v) is 13.2. The fourth-order valence-electron chi connectivity index (χ4n) is 1.96. The molecule has 1 atom stereocenters. The molecule has 1 aromatic heterocycles. The van der Waals surface area contributed by atoms with Crippen LogP contribution in [-0.4, -0.2) is 4.98 Å². The number of nitrogens with zero attached hydrogens (tertiary/aromatic N) is 1. The first-order chi connectivity index (χ1) is 8.18. The molecule has 0 bridgehead atoms. The van der Waals surface area contributed by atoms with Crippen molar-refractivity contribution in [2.75, 3.05) is 5.32 Å². The Hall–Kier alpha value is -1.02. The summed E-state index contributed by atoms with van der Waals surface area (Å²) in [4.78, 5) is 4.37. The minimum Gasteiger partial charge on any atom is -0.377 e. The number of hydrogen-bond donors (Lipinski definition) is 1. The molecule has 0 saturated carbocycles. The molecule has 1 heterocycles. The fraction of sp³-hybridized carbons (Fsp3) is 0.267. The summed E-state index contributed by atoms with van der Waals surface area (Å²) in [7, 11) is 0. The first-order valence-electron chi connectivity index (χ1n) is 5.92. The molecule has 1 N–H and O–H groups in total. The molecule has 0 saturated heterocycles. The van der Waals surface area contributed by atoms with Gasteiger partial charge in [-0.3, -0.25) is 4.98 Å². The number of halogens is 1. The summed E-state index contributed by atoms with van der Waals surface area (Å²) < 4.78 is 0. The van der Waals surface area contributed by atoms with Crippen LogP contribution in [0.5, 0.6) is 0 Å². The van der Waals surface area contributed by atoms with Crippen molar-refractivity contribution in [2.24, 2.45) is 0 Å². The topological polar surface area (TPSA) is 24.9 Å². The SMILES string of the molecule is Cc1cccc(C)c1NC(C)c1ccccn1.Cl.[Fe]. The van der Waals surface area contributed by atoms with Crippen LogP contribution in [0.15, 0.2) is 42.6 Å². The number of benzene rings is 1. The van der Waals surface area contributed by atoms with E-state index in [9.17, 15) is 0 Å². The second-order valence-corrected chi connectivity index (χ2v) is 4.39. The summed E-state index contributed by atoms with van der Waals surface area (Å²) in [5.41, 5.74) is 4.82. The molecule has 0 spiro atoms. The van der Waals surface area contributed by atoms with E-state index in [1.54, 1.807) is 0 Å². The van der Waals surface area contributed by atoms with Gasteiger partial charge in [-0.1, -0.05) is 24.3 Å². The largest absolute Gasteiger partial charge is 0.377 e. The van der Waals surface area contributed by atoms with Gasteiger partial charge in [-0.25, -0.2) is 0 Å². The molecule has 0 amide bonds.